The Morgan fingerprint density at radius 3 is 2.83 bits per heavy atom. The van der Waals surface area contributed by atoms with Crippen LogP contribution in [-0.4, -0.2) is 14.8 Å². The molecule has 0 atom stereocenters. The van der Waals surface area contributed by atoms with Crippen LogP contribution < -0.4 is 5.73 Å². The first-order valence-corrected chi connectivity index (χ1v) is 7.01. The van der Waals surface area contributed by atoms with Gasteiger partial charge in [-0.2, -0.15) is 5.10 Å². The number of hydrogen-bond acceptors (Lipinski definition) is 2. The van der Waals surface area contributed by atoms with Gasteiger partial charge in [-0.25, -0.2) is 4.68 Å². The highest BCUT2D eigenvalue weighted by molar-refractivity contribution is 9.10. The first-order chi connectivity index (χ1) is 8.66. The highest BCUT2D eigenvalue weighted by atomic mass is 79.9. The summed E-state index contributed by atoms with van der Waals surface area (Å²) in [6, 6.07) is 7.94. The van der Waals surface area contributed by atoms with Crippen LogP contribution in [0.25, 0.3) is 5.69 Å². The Labute approximate surface area is 119 Å². The summed E-state index contributed by atoms with van der Waals surface area (Å²) in [6.07, 6.45) is 4.46. The molecular formula is C13H12BrN3S. The zero-order valence-electron chi connectivity index (χ0n) is 9.64. The van der Waals surface area contributed by atoms with Crippen LogP contribution in [-0.2, 0) is 0 Å². The van der Waals surface area contributed by atoms with E-state index < -0.39 is 0 Å². The maximum Gasteiger partial charge on any atom is 0.107 e. The van der Waals surface area contributed by atoms with Gasteiger partial charge in [-0.1, -0.05) is 18.3 Å². The molecule has 0 aliphatic heterocycles. The third-order valence-corrected chi connectivity index (χ3v) is 3.96. The van der Waals surface area contributed by atoms with Gasteiger partial charge in [0.2, 0.25) is 0 Å². The van der Waals surface area contributed by atoms with E-state index in [0.717, 1.165) is 21.4 Å². The summed E-state index contributed by atoms with van der Waals surface area (Å²) in [5.74, 6) is 0.645. The molecule has 0 unspecified atom stereocenters. The van der Waals surface area contributed by atoms with E-state index in [1.165, 1.54) is 12.8 Å². The van der Waals surface area contributed by atoms with Gasteiger partial charge in [0.25, 0.3) is 0 Å². The quantitative estimate of drug-likeness (QED) is 0.883. The van der Waals surface area contributed by atoms with Crippen molar-refractivity contribution < 1.29 is 0 Å². The van der Waals surface area contributed by atoms with E-state index in [4.69, 9.17) is 18.0 Å². The van der Waals surface area contributed by atoms with Crippen LogP contribution >= 0.6 is 28.1 Å². The molecule has 0 radical (unpaired) electrons. The molecule has 5 heteroatoms. The second-order valence-corrected chi connectivity index (χ2v) is 5.75. The van der Waals surface area contributed by atoms with Crippen molar-refractivity contribution in [1.29, 1.82) is 0 Å². The normalized spacial score (nSPS) is 14.7. The molecule has 92 valence electrons. The average molecular weight is 322 g/mol. The Morgan fingerprint density at radius 1 is 1.39 bits per heavy atom. The van der Waals surface area contributed by atoms with E-state index in [0.29, 0.717) is 10.9 Å². The Hall–Kier alpha value is -1.20. The maximum atomic E-state index is 5.79. The Kier molecular flexibility index (Phi) is 2.95. The first kappa shape index (κ1) is 11.9. The number of thiocarbonyl (C=S) groups is 1. The molecule has 1 aliphatic carbocycles. The molecule has 1 heterocycles. The lowest BCUT2D eigenvalue weighted by atomic mass is 10.2. The van der Waals surface area contributed by atoms with Crippen LogP contribution in [0, 0.1) is 0 Å². The number of halogens is 1. The molecular weight excluding hydrogens is 310 g/mol. The summed E-state index contributed by atoms with van der Waals surface area (Å²) >= 11 is 8.60. The van der Waals surface area contributed by atoms with Gasteiger partial charge in [0.1, 0.15) is 4.99 Å². The highest BCUT2D eigenvalue weighted by Crippen LogP contribution is 2.39. The van der Waals surface area contributed by atoms with Gasteiger partial charge < -0.3 is 5.73 Å². The van der Waals surface area contributed by atoms with E-state index in [-0.39, 0.29) is 0 Å². The molecule has 1 saturated carbocycles. The molecule has 1 aromatic carbocycles. The fourth-order valence-corrected chi connectivity index (χ4v) is 2.93. The largest absolute Gasteiger partial charge is 0.389 e. The van der Waals surface area contributed by atoms with Crippen molar-refractivity contribution in [3.63, 3.8) is 0 Å². The zero-order valence-corrected chi connectivity index (χ0v) is 12.0. The number of nitrogens with two attached hydrogens (primary N) is 1. The summed E-state index contributed by atoms with van der Waals surface area (Å²) in [5, 5.41) is 4.61. The molecule has 18 heavy (non-hydrogen) atoms. The third kappa shape index (κ3) is 2.08. The van der Waals surface area contributed by atoms with Crippen molar-refractivity contribution in [2.45, 2.75) is 18.8 Å². The van der Waals surface area contributed by atoms with Gasteiger partial charge in [0.15, 0.2) is 0 Å². The molecule has 1 aliphatic rings. The molecule has 3 rings (SSSR count). The predicted molar refractivity (Wildman–Crippen MR) is 79.1 cm³/mol. The van der Waals surface area contributed by atoms with Crippen molar-refractivity contribution in [1.82, 2.24) is 9.78 Å². The van der Waals surface area contributed by atoms with Crippen molar-refractivity contribution in [2.24, 2.45) is 5.73 Å². The second-order valence-electron chi connectivity index (χ2n) is 4.46. The molecule has 0 bridgehead atoms. The molecule has 2 N–H and O–H groups in total. The van der Waals surface area contributed by atoms with Crippen molar-refractivity contribution in [2.75, 3.05) is 0 Å². The molecule has 2 aromatic rings. The van der Waals surface area contributed by atoms with Gasteiger partial charge in [-0.15, -0.1) is 0 Å². The van der Waals surface area contributed by atoms with Crippen molar-refractivity contribution in [3.8, 4) is 5.69 Å². The van der Waals surface area contributed by atoms with Gasteiger partial charge in [-0.05, 0) is 47.0 Å². The first-order valence-electron chi connectivity index (χ1n) is 5.81. The van der Waals surface area contributed by atoms with Crippen LogP contribution in [0.4, 0.5) is 0 Å². The van der Waals surface area contributed by atoms with Crippen molar-refractivity contribution in [3.05, 3.63) is 46.2 Å². The number of benzene rings is 1. The summed E-state index contributed by atoms with van der Waals surface area (Å²) < 4.78 is 2.75. The summed E-state index contributed by atoms with van der Waals surface area (Å²) in [5.41, 5.74) is 8.70. The Balaban J connectivity index is 2.09. The van der Waals surface area contributed by atoms with Gasteiger partial charge >= 0.3 is 0 Å². The predicted octanol–water partition coefficient (Wildman–Crippen LogP) is 3.15. The molecule has 0 saturated heterocycles. The van der Waals surface area contributed by atoms with E-state index >= 15 is 0 Å². The van der Waals surface area contributed by atoms with E-state index in [2.05, 4.69) is 27.1 Å². The number of hydrogen-bond donors (Lipinski definition) is 1. The molecule has 1 fully saturated rings. The smallest absolute Gasteiger partial charge is 0.107 e. The Bertz CT molecular complexity index is 616. The van der Waals surface area contributed by atoms with Gasteiger partial charge in [0.05, 0.1) is 11.4 Å². The van der Waals surface area contributed by atoms with Crippen LogP contribution in [0.3, 0.4) is 0 Å². The topological polar surface area (TPSA) is 43.8 Å². The lowest BCUT2D eigenvalue weighted by molar-refractivity contribution is 0.835. The van der Waals surface area contributed by atoms with Gasteiger partial charge in [-0.3, -0.25) is 0 Å². The minimum absolute atomic E-state index is 0.376. The van der Waals surface area contributed by atoms with Crippen LogP contribution in [0.15, 0.2) is 34.9 Å². The minimum Gasteiger partial charge on any atom is -0.389 e. The number of rotatable bonds is 3. The maximum absolute atomic E-state index is 5.79. The van der Waals surface area contributed by atoms with E-state index in [1.807, 2.05) is 29.1 Å². The van der Waals surface area contributed by atoms with E-state index in [1.54, 1.807) is 0 Å². The SMILES string of the molecule is NC(=S)c1c(Br)cccc1-n1ccc(C2CC2)n1. The number of aromatic nitrogens is 2. The Morgan fingerprint density at radius 2 is 2.17 bits per heavy atom. The van der Waals surface area contributed by atoms with Crippen LogP contribution in [0.2, 0.25) is 0 Å². The van der Waals surface area contributed by atoms with Crippen LogP contribution in [0.1, 0.15) is 30.0 Å². The third-order valence-electron chi connectivity index (χ3n) is 3.09. The van der Waals surface area contributed by atoms with E-state index in [9.17, 15) is 0 Å². The fourth-order valence-electron chi connectivity index (χ4n) is 2.02. The lowest BCUT2D eigenvalue weighted by Crippen LogP contribution is -2.14. The molecule has 1 aromatic heterocycles. The van der Waals surface area contributed by atoms with Crippen molar-refractivity contribution >= 4 is 33.1 Å². The molecule has 3 nitrogen and oxygen atoms in total. The summed E-state index contributed by atoms with van der Waals surface area (Å²) in [4.78, 5) is 0.376. The standard InChI is InChI=1S/C13H12BrN3S/c14-9-2-1-3-11(12(9)13(15)18)17-7-6-10(16-17)8-4-5-8/h1-3,6-8H,4-5H2,(H2,15,18). The minimum atomic E-state index is 0.376. The summed E-state index contributed by atoms with van der Waals surface area (Å²) in [6.45, 7) is 0. The zero-order chi connectivity index (χ0) is 12.7. The van der Waals surface area contributed by atoms with Crippen LogP contribution in [0.5, 0.6) is 0 Å². The molecule has 0 amide bonds. The average Bonchev–Trinajstić information content (AvgIpc) is 3.06. The number of nitrogens with zero attached hydrogens (tertiary/aromatic N) is 2. The highest BCUT2D eigenvalue weighted by Gasteiger charge is 2.26. The fraction of sp³-hybridized carbons (Fsp3) is 0.231. The second kappa shape index (κ2) is 4.48. The van der Waals surface area contributed by atoms with Gasteiger partial charge in [0, 0.05) is 22.2 Å². The monoisotopic (exact) mass is 321 g/mol. The lowest BCUT2D eigenvalue weighted by Gasteiger charge is -2.10. The summed E-state index contributed by atoms with van der Waals surface area (Å²) in [7, 11) is 0. The molecule has 0 spiro atoms.